The van der Waals surface area contributed by atoms with E-state index in [0.717, 1.165) is 17.7 Å². The summed E-state index contributed by atoms with van der Waals surface area (Å²) in [6.45, 7) is 1.13. The number of amides is 1. The third kappa shape index (κ3) is 4.30. The van der Waals surface area contributed by atoms with Gasteiger partial charge in [0.05, 0.1) is 10.6 Å². The van der Waals surface area contributed by atoms with Crippen molar-refractivity contribution in [2.24, 2.45) is 0 Å². The van der Waals surface area contributed by atoms with Gasteiger partial charge in [0.15, 0.2) is 6.61 Å². The molecule has 1 amide bonds. The van der Waals surface area contributed by atoms with Gasteiger partial charge in [0.2, 0.25) is 0 Å². The SMILES string of the molecule is CC(=O)OCC(=O)Nc1ccc2c(c1)CCCN2S(=O)(=O)c1ccc(F)cc1. The minimum atomic E-state index is -3.82. The van der Waals surface area contributed by atoms with Crippen LogP contribution in [-0.2, 0) is 30.8 Å². The maximum Gasteiger partial charge on any atom is 0.303 e. The summed E-state index contributed by atoms with van der Waals surface area (Å²) in [4.78, 5) is 22.6. The average Bonchev–Trinajstić information content (AvgIpc) is 2.66. The summed E-state index contributed by atoms with van der Waals surface area (Å²) in [5.41, 5.74) is 1.77. The van der Waals surface area contributed by atoms with Crippen molar-refractivity contribution >= 4 is 33.3 Å². The minimum absolute atomic E-state index is 0.0144. The molecule has 1 aliphatic rings. The number of sulfonamides is 1. The van der Waals surface area contributed by atoms with Crippen molar-refractivity contribution in [3.05, 3.63) is 53.8 Å². The van der Waals surface area contributed by atoms with E-state index in [4.69, 9.17) is 0 Å². The number of hydrogen-bond donors (Lipinski definition) is 1. The predicted molar refractivity (Wildman–Crippen MR) is 101 cm³/mol. The molecule has 0 aliphatic carbocycles. The molecule has 0 fully saturated rings. The lowest BCUT2D eigenvalue weighted by atomic mass is 10.0. The second kappa shape index (κ2) is 7.97. The number of carbonyl (C=O) groups is 2. The first kappa shape index (κ1) is 19.8. The van der Waals surface area contributed by atoms with Gasteiger partial charge >= 0.3 is 5.97 Å². The number of nitrogens with zero attached hydrogens (tertiary/aromatic N) is 1. The van der Waals surface area contributed by atoms with Crippen LogP contribution in [0, 0.1) is 5.82 Å². The normalized spacial score (nSPS) is 13.6. The van der Waals surface area contributed by atoms with E-state index in [1.165, 1.54) is 23.4 Å². The number of halogens is 1. The van der Waals surface area contributed by atoms with Crippen LogP contribution in [0.3, 0.4) is 0 Å². The number of nitrogens with one attached hydrogen (secondary N) is 1. The molecule has 2 aromatic carbocycles. The molecule has 0 radical (unpaired) electrons. The van der Waals surface area contributed by atoms with Crippen LogP contribution in [0.5, 0.6) is 0 Å². The summed E-state index contributed by atoms with van der Waals surface area (Å²) < 4.78 is 45.0. The highest BCUT2D eigenvalue weighted by atomic mass is 32.2. The number of aryl methyl sites for hydroxylation is 1. The van der Waals surface area contributed by atoms with Crippen molar-refractivity contribution in [3.8, 4) is 0 Å². The van der Waals surface area contributed by atoms with Crippen LogP contribution in [0.1, 0.15) is 18.9 Å². The Balaban J connectivity index is 1.83. The van der Waals surface area contributed by atoms with E-state index in [1.54, 1.807) is 18.2 Å². The standard InChI is InChI=1S/C19H19FN2O5S/c1-13(23)27-12-19(24)21-16-6-9-18-14(11-16)3-2-10-22(18)28(25,26)17-7-4-15(20)5-8-17/h4-9,11H,2-3,10,12H2,1H3,(H,21,24). The molecule has 9 heteroatoms. The van der Waals surface area contributed by atoms with Crippen LogP contribution in [0.15, 0.2) is 47.4 Å². The fourth-order valence-corrected chi connectivity index (χ4v) is 4.53. The summed E-state index contributed by atoms with van der Waals surface area (Å²) >= 11 is 0. The van der Waals surface area contributed by atoms with Crippen LogP contribution in [-0.4, -0.2) is 33.4 Å². The zero-order valence-electron chi connectivity index (χ0n) is 15.1. The monoisotopic (exact) mass is 406 g/mol. The molecule has 0 aromatic heterocycles. The Bertz CT molecular complexity index is 1010. The second-order valence-corrected chi connectivity index (χ2v) is 8.17. The number of benzene rings is 2. The van der Waals surface area contributed by atoms with Crippen molar-refractivity contribution in [1.29, 1.82) is 0 Å². The topological polar surface area (TPSA) is 92.8 Å². The second-order valence-electron chi connectivity index (χ2n) is 6.31. The van der Waals surface area contributed by atoms with Crippen LogP contribution in [0.4, 0.5) is 15.8 Å². The molecule has 3 rings (SSSR count). The number of ether oxygens (including phenoxy) is 1. The Morgan fingerprint density at radius 1 is 1.18 bits per heavy atom. The molecule has 0 atom stereocenters. The lowest BCUT2D eigenvalue weighted by molar-refractivity contribution is -0.144. The Morgan fingerprint density at radius 2 is 1.89 bits per heavy atom. The molecular formula is C19H19FN2O5S. The van der Waals surface area contributed by atoms with Crippen molar-refractivity contribution in [1.82, 2.24) is 0 Å². The maximum atomic E-state index is 13.1. The molecule has 0 spiro atoms. The highest BCUT2D eigenvalue weighted by molar-refractivity contribution is 7.92. The lowest BCUT2D eigenvalue weighted by Gasteiger charge is -2.31. The van der Waals surface area contributed by atoms with E-state index in [0.29, 0.717) is 30.8 Å². The van der Waals surface area contributed by atoms with E-state index in [1.807, 2.05) is 0 Å². The van der Waals surface area contributed by atoms with Gasteiger partial charge in [0.25, 0.3) is 15.9 Å². The Hall–Kier alpha value is -2.94. The highest BCUT2D eigenvalue weighted by Gasteiger charge is 2.29. The van der Waals surface area contributed by atoms with E-state index >= 15 is 0 Å². The molecule has 1 aliphatic heterocycles. The zero-order valence-corrected chi connectivity index (χ0v) is 16.0. The minimum Gasteiger partial charge on any atom is -0.456 e. The smallest absolute Gasteiger partial charge is 0.303 e. The van der Waals surface area contributed by atoms with Crippen LogP contribution in [0.2, 0.25) is 0 Å². The van der Waals surface area contributed by atoms with Crippen LogP contribution in [0.25, 0.3) is 0 Å². The quantitative estimate of drug-likeness (QED) is 0.770. The Morgan fingerprint density at radius 3 is 2.57 bits per heavy atom. The zero-order chi connectivity index (χ0) is 20.3. The first-order valence-electron chi connectivity index (χ1n) is 8.62. The molecule has 148 valence electrons. The third-order valence-corrected chi connectivity index (χ3v) is 6.07. The maximum absolute atomic E-state index is 13.1. The molecule has 0 bridgehead atoms. The van der Waals surface area contributed by atoms with Gasteiger partial charge < -0.3 is 10.1 Å². The van der Waals surface area contributed by atoms with E-state index in [9.17, 15) is 22.4 Å². The molecule has 7 nitrogen and oxygen atoms in total. The van der Waals surface area contributed by atoms with E-state index < -0.39 is 34.3 Å². The largest absolute Gasteiger partial charge is 0.456 e. The molecule has 28 heavy (non-hydrogen) atoms. The first-order valence-corrected chi connectivity index (χ1v) is 10.1. The molecular weight excluding hydrogens is 387 g/mol. The summed E-state index contributed by atoms with van der Waals surface area (Å²) in [5.74, 6) is -1.55. The predicted octanol–water partition coefficient (Wildman–Crippen LogP) is 2.47. The van der Waals surface area contributed by atoms with Crippen molar-refractivity contribution in [2.75, 3.05) is 22.8 Å². The molecule has 2 aromatic rings. The fourth-order valence-electron chi connectivity index (χ4n) is 2.99. The fraction of sp³-hybridized carbons (Fsp3) is 0.263. The summed E-state index contributed by atoms with van der Waals surface area (Å²) in [6.07, 6.45) is 1.26. The summed E-state index contributed by atoms with van der Waals surface area (Å²) in [5, 5.41) is 2.61. The Labute approximate surface area is 162 Å². The van der Waals surface area contributed by atoms with E-state index in [-0.39, 0.29) is 4.90 Å². The molecule has 0 saturated heterocycles. The number of anilines is 2. The lowest BCUT2D eigenvalue weighted by Crippen LogP contribution is -2.35. The van der Waals surface area contributed by atoms with Gasteiger partial charge in [0, 0.05) is 19.2 Å². The highest BCUT2D eigenvalue weighted by Crippen LogP contribution is 2.33. The van der Waals surface area contributed by atoms with Crippen molar-refractivity contribution < 1.29 is 27.1 Å². The van der Waals surface area contributed by atoms with Crippen LogP contribution < -0.4 is 9.62 Å². The van der Waals surface area contributed by atoms with Gasteiger partial charge in [-0.05, 0) is 60.9 Å². The third-order valence-electron chi connectivity index (χ3n) is 4.25. The number of rotatable bonds is 5. The Kier molecular flexibility index (Phi) is 5.64. The molecule has 1 N–H and O–H groups in total. The number of hydrogen-bond acceptors (Lipinski definition) is 5. The van der Waals surface area contributed by atoms with Gasteiger partial charge in [-0.3, -0.25) is 13.9 Å². The van der Waals surface area contributed by atoms with Gasteiger partial charge in [-0.25, -0.2) is 12.8 Å². The van der Waals surface area contributed by atoms with Crippen molar-refractivity contribution in [3.63, 3.8) is 0 Å². The molecule has 0 saturated carbocycles. The van der Waals surface area contributed by atoms with Crippen LogP contribution >= 0.6 is 0 Å². The van der Waals surface area contributed by atoms with Gasteiger partial charge in [0.1, 0.15) is 5.82 Å². The summed E-state index contributed by atoms with van der Waals surface area (Å²) in [7, 11) is -3.82. The van der Waals surface area contributed by atoms with Crippen molar-refractivity contribution in [2.45, 2.75) is 24.7 Å². The summed E-state index contributed by atoms with van der Waals surface area (Å²) in [6, 6.07) is 9.61. The van der Waals surface area contributed by atoms with Gasteiger partial charge in [-0.1, -0.05) is 0 Å². The van der Waals surface area contributed by atoms with Gasteiger partial charge in [-0.2, -0.15) is 0 Å². The van der Waals surface area contributed by atoms with E-state index in [2.05, 4.69) is 10.1 Å². The van der Waals surface area contributed by atoms with Gasteiger partial charge in [-0.15, -0.1) is 0 Å². The number of esters is 1. The molecule has 1 heterocycles. The number of fused-ring (bicyclic) bond motifs is 1. The number of carbonyl (C=O) groups excluding carboxylic acids is 2. The molecule has 0 unspecified atom stereocenters. The first-order chi connectivity index (χ1) is 13.3. The average molecular weight is 406 g/mol.